The van der Waals surface area contributed by atoms with Crippen molar-refractivity contribution in [1.29, 1.82) is 0 Å². The second-order valence-corrected chi connectivity index (χ2v) is 8.32. The van der Waals surface area contributed by atoms with Crippen LogP contribution in [0.3, 0.4) is 0 Å². The van der Waals surface area contributed by atoms with Gasteiger partial charge in [0.25, 0.3) is 5.91 Å². The van der Waals surface area contributed by atoms with Crippen LogP contribution in [-0.4, -0.2) is 16.9 Å². The molecule has 0 saturated heterocycles. The molecule has 3 aromatic heterocycles. The van der Waals surface area contributed by atoms with E-state index in [1.165, 1.54) is 11.3 Å². The zero-order valence-corrected chi connectivity index (χ0v) is 17.3. The van der Waals surface area contributed by atoms with Crippen LogP contribution in [0.15, 0.2) is 69.2 Å². The van der Waals surface area contributed by atoms with Crippen molar-refractivity contribution in [3.63, 3.8) is 0 Å². The van der Waals surface area contributed by atoms with Crippen molar-refractivity contribution in [3.05, 3.63) is 83.0 Å². The van der Waals surface area contributed by atoms with Crippen LogP contribution in [0, 0.1) is 0 Å². The normalized spacial score (nSPS) is 15.4. The van der Waals surface area contributed by atoms with Crippen LogP contribution in [0.2, 0.25) is 0 Å². The molecule has 0 aliphatic carbocycles. The number of para-hydroxylation sites is 1. The number of amides is 1. The number of hydrogen-bond acceptors (Lipinski definition) is 6. The molecule has 1 N–H and O–H groups in total. The highest BCUT2D eigenvalue weighted by molar-refractivity contribution is 7.13. The number of oxazole rings is 1. The summed E-state index contributed by atoms with van der Waals surface area (Å²) in [6.07, 6.45) is 4.15. The van der Waals surface area contributed by atoms with Crippen LogP contribution < -0.4 is 10.2 Å². The first kappa shape index (κ1) is 18.7. The highest BCUT2D eigenvalue weighted by Crippen LogP contribution is 2.33. The molecule has 1 aliphatic rings. The molecule has 4 aromatic rings. The molecule has 1 aliphatic heterocycles. The largest absolute Gasteiger partial charge is 0.467 e. The van der Waals surface area contributed by atoms with Crippen LogP contribution in [-0.2, 0) is 19.5 Å². The number of benzene rings is 1. The molecule has 1 atom stereocenters. The summed E-state index contributed by atoms with van der Waals surface area (Å²) in [4.78, 5) is 20.5. The number of rotatable bonds is 6. The van der Waals surface area contributed by atoms with Gasteiger partial charge in [-0.25, -0.2) is 4.98 Å². The number of anilines is 1. The Hall–Kier alpha value is -3.32. The molecular weight excluding hydrogens is 398 g/mol. The van der Waals surface area contributed by atoms with Gasteiger partial charge >= 0.3 is 0 Å². The molecule has 0 saturated carbocycles. The molecule has 4 heterocycles. The van der Waals surface area contributed by atoms with E-state index in [2.05, 4.69) is 40.3 Å². The lowest BCUT2D eigenvalue weighted by molar-refractivity contribution is 0.0948. The topological polar surface area (TPSA) is 71.5 Å². The van der Waals surface area contributed by atoms with Crippen LogP contribution in [0.4, 0.5) is 5.69 Å². The van der Waals surface area contributed by atoms with Gasteiger partial charge in [-0.05, 0) is 42.5 Å². The predicted molar refractivity (Wildman–Crippen MR) is 115 cm³/mol. The van der Waals surface area contributed by atoms with Crippen molar-refractivity contribution >= 4 is 22.9 Å². The van der Waals surface area contributed by atoms with Gasteiger partial charge in [0.05, 0.1) is 35.5 Å². The van der Waals surface area contributed by atoms with Gasteiger partial charge < -0.3 is 19.1 Å². The third kappa shape index (κ3) is 3.52. The summed E-state index contributed by atoms with van der Waals surface area (Å²) in [6, 6.07) is 14.4. The number of thiophene rings is 1. The maximum absolute atomic E-state index is 12.8. The summed E-state index contributed by atoms with van der Waals surface area (Å²) in [5.74, 6) is 1.05. The first-order valence-corrected chi connectivity index (χ1v) is 10.7. The quantitative estimate of drug-likeness (QED) is 0.482. The SMILES string of the molecule is CC1Cc2ccccc2N1Cc1occc1C(=O)NCc1coc(-c2cccs2)n1. The lowest BCUT2D eigenvalue weighted by Gasteiger charge is -2.24. The Morgan fingerprint density at radius 3 is 3.00 bits per heavy atom. The Kier molecular flexibility index (Phi) is 4.88. The van der Waals surface area contributed by atoms with Crippen molar-refractivity contribution in [3.8, 4) is 10.8 Å². The second kappa shape index (κ2) is 7.84. The van der Waals surface area contributed by atoms with Gasteiger partial charge in [-0.2, -0.15) is 0 Å². The Morgan fingerprint density at radius 2 is 2.13 bits per heavy atom. The van der Waals surface area contributed by atoms with E-state index in [4.69, 9.17) is 8.83 Å². The zero-order valence-electron chi connectivity index (χ0n) is 16.5. The summed E-state index contributed by atoms with van der Waals surface area (Å²) in [5.41, 5.74) is 3.76. The fraction of sp³-hybridized carbons (Fsp3) is 0.217. The molecule has 1 aromatic carbocycles. The van der Waals surface area contributed by atoms with Crippen molar-refractivity contribution < 1.29 is 13.6 Å². The average Bonchev–Trinajstić information content (AvgIpc) is 3.54. The predicted octanol–water partition coefficient (Wildman–Crippen LogP) is 4.88. The van der Waals surface area contributed by atoms with Crippen molar-refractivity contribution in [2.45, 2.75) is 32.5 Å². The van der Waals surface area contributed by atoms with Gasteiger partial charge in [-0.15, -0.1) is 11.3 Å². The van der Waals surface area contributed by atoms with Gasteiger partial charge in [0, 0.05) is 11.7 Å². The molecule has 5 rings (SSSR count). The van der Waals surface area contributed by atoms with Crippen LogP contribution in [0.5, 0.6) is 0 Å². The number of carbonyl (C=O) groups excluding carboxylic acids is 1. The van der Waals surface area contributed by atoms with E-state index in [-0.39, 0.29) is 5.91 Å². The summed E-state index contributed by atoms with van der Waals surface area (Å²) in [7, 11) is 0. The number of hydrogen-bond donors (Lipinski definition) is 1. The first-order valence-electron chi connectivity index (χ1n) is 9.86. The highest BCUT2D eigenvalue weighted by Gasteiger charge is 2.28. The van der Waals surface area contributed by atoms with Gasteiger partial charge in [0.1, 0.15) is 12.0 Å². The summed E-state index contributed by atoms with van der Waals surface area (Å²) in [5, 5.41) is 4.89. The molecule has 0 spiro atoms. The fourth-order valence-electron chi connectivity index (χ4n) is 3.86. The summed E-state index contributed by atoms with van der Waals surface area (Å²) < 4.78 is 11.2. The number of fused-ring (bicyclic) bond motifs is 1. The first-order chi connectivity index (χ1) is 14.7. The molecule has 0 bridgehead atoms. The Morgan fingerprint density at radius 1 is 1.23 bits per heavy atom. The molecule has 0 fully saturated rings. The lowest BCUT2D eigenvalue weighted by atomic mass is 10.1. The minimum absolute atomic E-state index is 0.181. The number of nitrogens with one attached hydrogen (secondary N) is 1. The maximum atomic E-state index is 12.8. The van der Waals surface area contributed by atoms with E-state index < -0.39 is 0 Å². The van der Waals surface area contributed by atoms with E-state index in [9.17, 15) is 4.79 Å². The second-order valence-electron chi connectivity index (χ2n) is 7.37. The monoisotopic (exact) mass is 419 g/mol. The van der Waals surface area contributed by atoms with E-state index in [1.54, 1.807) is 29.9 Å². The molecule has 1 amide bonds. The van der Waals surface area contributed by atoms with Gasteiger partial charge in [-0.3, -0.25) is 4.79 Å². The Bertz CT molecular complexity index is 1160. The number of furan rings is 1. The number of nitrogens with zero attached hydrogens (tertiary/aromatic N) is 2. The zero-order chi connectivity index (χ0) is 20.5. The molecule has 7 heteroatoms. The van der Waals surface area contributed by atoms with E-state index in [0.717, 1.165) is 11.3 Å². The third-order valence-corrected chi connectivity index (χ3v) is 6.22. The fourth-order valence-corrected chi connectivity index (χ4v) is 4.51. The van der Waals surface area contributed by atoms with E-state index in [1.807, 2.05) is 23.6 Å². The number of carbonyl (C=O) groups is 1. The molecule has 30 heavy (non-hydrogen) atoms. The molecule has 0 radical (unpaired) electrons. The van der Waals surface area contributed by atoms with Crippen molar-refractivity contribution in [2.75, 3.05) is 4.90 Å². The number of aromatic nitrogens is 1. The van der Waals surface area contributed by atoms with E-state index >= 15 is 0 Å². The smallest absolute Gasteiger partial charge is 0.255 e. The van der Waals surface area contributed by atoms with Crippen LogP contribution >= 0.6 is 11.3 Å². The minimum Gasteiger partial charge on any atom is -0.467 e. The maximum Gasteiger partial charge on any atom is 0.255 e. The molecule has 1 unspecified atom stereocenters. The average molecular weight is 420 g/mol. The highest BCUT2D eigenvalue weighted by atomic mass is 32.1. The van der Waals surface area contributed by atoms with Gasteiger partial charge in [-0.1, -0.05) is 24.3 Å². The third-order valence-electron chi connectivity index (χ3n) is 5.37. The summed E-state index contributed by atoms with van der Waals surface area (Å²) >= 11 is 1.56. The molecule has 6 nitrogen and oxygen atoms in total. The Labute approximate surface area is 178 Å². The molecule has 152 valence electrons. The van der Waals surface area contributed by atoms with Crippen LogP contribution in [0.25, 0.3) is 10.8 Å². The van der Waals surface area contributed by atoms with Gasteiger partial charge in [0.2, 0.25) is 5.89 Å². The van der Waals surface area contributed by atoms with Gasteiger partial charge in [0.15, 0.2) is 0 Å². The standard InChI is InChI=1S/C23H21N3O3S/c1-15-11-16-5-2-3-6-19(16)26(15)13-20-18(8-9-28-20)22(27)24-12-17-14-29-23(25-17)21-7-4-10-30-21/h2-10,14-15H,11-13H2,1H3,(H,24,27). The molecular formula is C23H21N3O3S. The van der Waals surface area contributed by atoms with Crippen LogP contribution in [0.1, 0.15) is 34.3 Å². The lowest BCUT2D eigenvalue weighted by Crippen LogP contribution is -2.30. The minimum atomic E-state index is -0.181. The Balaban J connectivity index is 1.26. The van der Waals surface area contributed by atoms with E-state index in [0.29, 0.717) is 42.0 Å². The van der Waals surface area contributed by atoms with Crippen molar-refractivity contribution in [1.82, 2.24) is 10.3 Å². The van der Waals surface area contributed by atoms with Crippen molar-refractivity contribution in [2.24, 2.45) is 0 Å². The summed E-state index contributed by atoms with van der Waals surface area (Å²) in [6.45, 7) is 3.04.